The molecule has 1 atom stereocenters. The van der Waals surface area contributed by atoms with Gasteiger partial charge in [-0.3, -0.25) is 9.59 Å². The van der Waals surface area contributed by atoms with E-state index in [9.17, 15) is 14.4 Å². The van der Waals surface area contributed by atoms with Crippen LogP contribution >= 0.6 is 0 Å². The van der Waals surface area contributed by atoms with Gasteiger partial charge in [-0.2, -0.15) is 0 Å². The van der Waals surface area contributed by atoms with Crippen molar-refractivity contribution in [2.45, 2.75) is 33.4 Å². The third-order valence-electron chi connectivity index (χ3n) is 3.15. The van der Waals surface area contributed by atoms with Crippen molar-refractivity contribution in [2.24, 2.45) is 5.92 Å². The smallest absolute Gasteiger partial charge is 0.408 e. The van der Waals surface area contributed by atoms with Gasteiger partial charge >= 0.3 is 12.1 Å². The quantitative estimate of drug-likeness (QED) is 0.704. The number of rotatable bonds is 8. The van der Waals surface area contributed by atoms with E-state index in [-0.39, 0.29) is 25.7 Å². The molecule has 0 aliphatic carbocycles. The van der Waals surface area contributed by atoms with Gasteiger partial charge in [-0.05, 0) is 18.4 Å². The molecule has 0 fully saturated rings. The van der Waals surface area contributed by atoms with Crippen LogP contribution in [0.3, 0.4) is 0 Å². The van der Waals surface area contributed by atoms with Crippen molar-refractivity contribution in [2.75, 3.05) is 13.2 Å². The predicted octanol–water partition coefficient (Wildman–Crippen LogP) is 1.62. The molecule has 0 aromatic heterocycles. The van der Waals surface area contributed by atoms with E-state index >= 15 is 0 Å². The van der Waals surface area contributed by atoms with Gasteiger partial charge < -0.3 is 20.1 Å². The summed E-state index contributed by atoms with van der Waals surface area (Å²) in [7, 11) is 0. The molecular weight excluding hydrogens is 312 g/mol. The number of carbonyl (C=O) groups excluding carboxylic acids is 3. The third-order valence-corrected chi connectivity index (χ3v) is 3.15. The number of amides is 2. The Morgan fingerprint density at radius 3 is 2.33 bits per heavy atom. The summed E-state index contributed by atoms with van der Waals surface area (Å²) in [6.45, 7) is 5.37. The molecule has 0 bridgehead atoms. The largest absolute Gasteiger partial charge is 0.465 e. The Morgan fingerprint density at radius 1 is 1.08 bits per heavy atom. The van der Waals surface area contributed by atoms with Crippen LogP contribution in [0.4, 0.5) is 4.79 Å². The van der Waals surface area contributed by atoms with Gasteiger partial charge in [0, 0.05) is 0 Å². The van der Waals surface area contributed by atoms with Gasteiger partial charge in [0.05, 0.1) is 6.61 Å². The van der Waals surface area contributed by atoms with Gasteiger partial charge in [-0.15, -0.1) is 0 Å². The fourth-order valence-electron chi connectivity index (χ4n) is 1.91. The van der Waals surface area contributed by atoms with Gasteiger partial charge in [0.25, 0.3) is 0 Å². The highest BCUT2D eigenvalue weighted by Crippen LogP contribution is 2.04. The number of hydrogen-bond donors (Lipinski definition) is 2. The van der Waals surface area contributed by atoms with Gasteiger partial charge in [0.2, 0.25) is 5.91 Å². The lowest BCUT2D eigenvalue weighted by atomic mass is 10.0. The summed E-state index contributed by atoms with van der Waals surface area (Å²) in [5, 5.41) is 4.96. The zero-order chi connectivity index (χ0) is 17.9. The van der Waals surface area contributed by atoms with Crippen LogP contribution in [0.2, 0.25) is 0 Å². The molecule has 0 radical (unpaired) electrons. The molecule has 0 aliphatic rings. The lowest BCUT2D eigenvalue weighted by Crippen LogP contribution is -2.50. The summed E-state index contributed by atoms with van der Waals surface area (Å²) < 4.78 is 9.84. The van der Waals surface area contributed by atoms with Crippen molar-refractivity contribution < 1.29 is 23.9 Å². The Morgan fingerprint density at radius 2 is 1.75 bits per heavy atom. The minimum absolute atomic E-state index is 0.113. The first kappa shape index (κ1) is 19.5. The molecule has 0 aliphatic heterocycles. The molecule has 7 nitrogen and oxygen atoms in total. The van der Waals surface area contributed by atoms with Crippen LogP contribution < -0.4 is 10.6 Å². The number of carbonyl (C=O) groups is 3. The standard InChI is InChI=1S/C17H24N2O5/c1-4-23-14(20)10-18-16(21)15(12(2)3)19-17(22)24-11-13-8-6-5-7-9-13/h5-9,12,15H,4,10-11H2,1-3H3,(H,18,21)(H,19,22)/t15-/m0/s1. The maximum Gasteiger partial charge on any atom is 0.408 e. The Labute approximate surface area is 141 Å². The highest BCUT2D eigenvalue weighted by Gasteiger charge is 2.25. The van der Waals surface area contributed by atoms with Crippen molar-refractivity contribution in [3.8, 4) is 0 Å². The number of benzene rings is 1. The molecule has 0 spiro atoms. The van der Waals surface area contributed by atoms with Gasteiger partial charge in [0.15, 0.2) is 0 Å². The second-order valence-corrected chi connectivity index (χ2v) is 5.45. The van der Waals surface area contributed by atoms with Gasteiger partial charge in [-0.25, -0.2) is 4.79 Å². The molecule has 7 heteroatoms. The van der Waals surface area contributed by atoms with E-state index in [1.165, 1.54) is 0 Å². The van der Waals surface area contributed by atoms with E-state index < -0.39 is 24.0 Å². The molecule has 2 N–H and O–H groups in total. The molecule has 0 unspecified atom stereocenters. The second-order valence-electron chi connectivity index (χ2n) is 5.45. The Balaban J connectivity index is 2.47. The number of esters is 1. The topological polar surface area (TPSA) is 93.7 Å². The van der Waals surface area contributed by atoms with E-state index in [2.05, 4.69) is 10.6 Å². The summed E-state index contributed by atoms with van der Waals surface area (Å²) in [4.78, 5) is 35.3. The summed E-state index contributed by atoms with van der Waals surface area (Å²) in [5.41, 5.74) is 0.848. The fraction of sp³-hybridized carbons (Fsp3) is 0.471. The van der Waals surface area contributed by atoms with Crippen LogP contribution in [0.25, 0.3) is 0 Å². The van der Waals surface area contributed by atoms with Crippen molar-refractivity contribution in [1.29, 1.82) is 0 Å². The summed E-state index contributed by atoms with van der Waals surface area (Å²) in [6, 6.07) is 8.42. The van der Waals surface area contributed by atoms with E-state index in [4.69, 9.17) is 9.47 Å². The van der Waals surface area contributed by atoms with Crippen LogP contribution in [-0.2, 0) is 25.7 Å². The zero-order valence-corrected chi connectivity index (χ0v) is 14.2. The molecule has 1 aromatic carbocycles. The molecule has 24 heavy (non-hydrogen) atoms. The normalized spacial score (nSPS) is 11.5. The lowest BCUT2D eigenvalue weighted by molar-refractivity contribution is -0.143. The molecule has 2 amide bonds. The SMILES string of the molecule is CCOC(=O)CNC(=O)[C@@H](NC(=O)OCc1ccccc1)C(C)C. The highest BCUT2D eigenvalue weighted by molar-refractivity contribution is 5.88. The van der Waals surface area contributed by atoms with Crippen LogP contribution in [-0.4, -0.2) is 37.2 Å². The maximum absolute atomic E-state index is 12.1. The zero-order valence-electron chi connectivity index (χ0n) is 14.2. The molecule has 132 valence electrons. The van der Waals surface area contributed by atoms with Gasteiger partial charge in [0.1, 0.15) is 19.2 Å². The van der Waals surface area contributed by atoms with Crippen LogP contribution in [0, 0.1) is 5.92 Å². The summed E-state index contributed by atoms with van der Waals surface area (Å²) >= 11 is 0. The average molecular weight is 336 g/mol. The molecule has 0 heterocycles. The van der Waals surface area contributed by atoms with Crippen molar-refractivity contribution in [3.05, 3.63) is 35.9 Å². The number of nitrogens with one attached hydrogen (secondary N) is 2. The van der Waals surface area contributed by atoms with Crippen LogP contribution in [0.5, 0.6) is 0 Å². The lowest BCUT2D eigenvalue weighted by Gasteiger charge is -2.21. The molecule has 1 rings (SSSR count). The predicted molar refractivity (Wildman–Crippen MR) is 88.0 cm³/mol. The monoisotopic (exact) mass is 336 g/mol. The molecule has 0 saturated heterocycles. The van der Waals surface area contributed by atoms with Crippen molar-refractivity contribution >= 4 is 18.0 Å². The highest BCUT2D eigenvalue weighted by atomic mass is 16.5. The first-order chi connectivity index (χ1) is 11.4. The molecule has 1 aromatic rings. The molecular formula is C17H24N2O5. The first-order valence-electron chi connectivity index (χ1n) is 7.84. The second kappa shape index (κ2) is 10.3. The third kappa shape index (κ3) is 7.13. The first-order valence-corrected chi connectivity index (χ1v) is 7.84. The number of ether oxygens (including phenoxy) is 2. The maximum atomic E-state index is 12.1. The average Bonchev–Trinajstić information content (AvgIpc) is 2.56. The van der Waals surface area contributed by atoms with E-state index in [0.717, 1.165) is 5.56 Å². The summed E-state index contributed by atoms with van der Waals surface area (Å²) in [5.74, 6) is -1.16. The van der Waals surface area contributed by atoms with E-state index in [0.29, 0.717) is 0 Å². The summed E-state index contributed by atoms with van der Waals surface area (Å²) in [6.07, 6.45) is -0.691. The number of alkyl carbamates (subject to hydrolysis) is 1. The van der Waals surface area contributed by atoms with Crippen molar-refractivity contribution in [3.63, 3.8) is 0 Å². The Bertz CT molecular complexity index is 545. The minimum Gasteiger partial charge on any atom is -0.465 e. The van der Waals surface area contributed by atoms with E-state index in [1.54, 1.807) is 20.8 Å². The molecule has 0 saturated carbocycles. The fourth-order valence-corrected chi connectivity index (χ4v) is 1.91. The number of hydrogen-bond acceptors (Lipinski definition) is 5. The van der Waals surface area contributed by atoms with E-state index in [1.807, 2.05) is 30.3 Å². The van der Waals surface area contributed by atoms with Crippen LogP contribution in [0.1, 0.15) is 26.3 Å². The van der Waals surface area contributed by atoms with Crippen molar-refractivity contribution in [1.82, 2.24) is 10.6 Å². The Kier molecular flexibility index (Phi) is 8.32. The van der Waals surface area contributed by atoms with Crippen LogP contribution in [0.15, 0.2) is 30.3 Å². The Hall–Kier alpha value is -2.57. The minimum atomic E-state index is -0.803. The van der Waals surface area contributed by atoms with Gasteiger partial charge in [-0.1, -0.05) is 44.2 Å².